The lowest BCUT2D eigenvalue weighted by Crippen LogP contribution is -2.37. The number of nitrogens with zero attached hydrogens (tertiary/aromatic N) is 3. The van der Waals surface area contributed by atoms with Crippen LogP contribution in [0, 0.1) is 10.8 Å². The third kappa shape index (κ3) is 5.68. The van der Waals surface area contributed by atoms with Crippen LogP contribution in [0.3, 0.4) is 0 Å². The van der Waals surface area contributed by atoms with Crippen LogP contribution < -0.4 is 5.32 Å². The Morgan fingerprint density at radius 2 is 1.81 bits per heavy atom. The van der Waals surface area contributed by atoms with Crippen molar-refractivity contribution in [3.63, 3.8) is 0 Å². The van der Waals surface area contributed by atoms with Crippen molar-refractivity contribution in [2.24, 2.45) is 10.8 Å². The predicted molar refractivity (Wildman–Crippen MR) is 161 cm³/mol. The van der Waals surface area contributed by atoms with Gasteiger partial charge in [0.1, 0.15) is 5.00 Å². The van der Waals surface area contributed by atoms with Crippen molar-refractivity contribution in [3.05, 3.63) is 45.8 Å². The fourth-order valence-electron chi connectivity index (χ4n) is 7.09. The molecule has 2 atom stereocenters. The van der Waals surface area contributed by atoms with E-state index in [1.54, 1.807) is 30.2 Å². The summed E-state index contributed by atoms with van der Waals surface area (Å²) in [6.07, 6.45) is 2.75. The van der Waals surface area contributed by atoms with Gasteiger partial charge in [-0.15, -0.1) is 11.3 Å². The molecule has 2 aliphatic heterocycles. The molecule has 2 aromatic rings. The number of thiophene rings is 1. The highest BCUT2D eigenvalue weighted by atomic mass is 32.2. The SMILES string of the molecule is CCOC(=O)N1CCc2c(sc(NC(=O)c3ccc(S(=O)(=O)N4CC5(C)CC4CC(C)(C)C5)cc3)c2C(=O)N(C)C)C1. The van der Waals surface area contributed by atoms with E-state index in [1.165, 1.54) is 40.5 Å². The molecule has 10 nitrogen and oxygen atoms in total. The fraction of sp³-hybridized carbons (Fsp3) is 0.567. The predicted octanol–water partition coefficient (Wildman–Crippen LogP) is 4.81. The number of fused-ring (bicyclic) bond motifs is 3. The Hall–Kier alpha value is -2.96. The van der Waals surface area contributed by atoms with Gasteiger partial charge in [0, 0.05) is 43.7 Å². The Morgan fingerprint density at radius 1 is 1.12 bits per heavy atom. The van der Waals surface area contributed by atoms with Gasteiger partial charge in [-0.25, -0.2) is 13.2 Å². The molecule has 42 heavy (non-hydrogen) atoms. The lowest BCUT2D eigenvalue weighted by molar-refractivity contribution is 0.0827. The molecule has 3 amide bonds. The summed E-state index contributed by atoms with van der Waals surface area (Å²) >= 11 is 1.27. The zero-order chi connectivity index (χ0) is 30.6. The van der Waals surface area contributed by atoms with Crippen molar-refractivity contribution in [2.75, 3.05) is 39.1 Å². The van der Waals surface area contributed by atoms with Gasteiger partial charge in [-0.1, -0.05) is 20.8 Å². The molecule has 2 unspecified atom stereocenters. The summed E-state index contributed by atoms with van der Waals surface area (Å²) in [7, 11) is -0.411. The summed E-state index contributed by atoms with van der Waals surface area (Å²) < 4.78 is 34.1. The molecule has 0 radical (unpaired) electrons. The number of sulfonamides is 1. The Bertz CT molecular complexity index is 1510. The first-order valence-electron chi connectivity index (χ1n) is 14.4. The molecule has 2 fully saturated rings. The van der Waals surface area contributed by atoms with Crippen LogP contribution in [0.2, 0.25) is 0 Å². The van der Waals surface area contributed by atoms with Crippen LogP contribution in [0.5, 0.6) is 0 Å². The Labute approximate surface area is 252 Å². The molecule has 1 saturated carbocycles. The van der Waals surface area contributed by atoms with Gasteiger partial charge >= 0.3 is 6.09 Å². The number of hydrogen-bond acceptors (Lipinski definition) is 7. The van der Waals surface area contributed by atoms with Crippen molar-refractivity contribution >= 4 is 44.3 Å². The quantitative estimate of drug-likeness (QED) is 0.498. The van der Waals surface area contributed by atoms with E-state index in [0.717, 1.165) is 29.7 Å². The van der Waals surface area contributed by atoms with Crippen LogP contribution in [0.4, 0.5) is 9.80 Å². The molecule has 1 aromatic heterocycles. The van der Waals surface area contributed by atoms with E-state index in [4.69, 9.17) is 4.74 Å². The number of hydrogen-bond donors (Lipinski definition) is 1. The van der Waals surface area contributed by atoms with Gasteiger partial charge in [0.15, 0.2) is 0 Å². The molecule has 5 rings (SSSR count). The summed E-state index contributed by atoms with van der Waals surface area (Å²) in [5.74, 6) is -0.680. The first-order valence-corrected chi connectivity index (χ1v) is 16.6. The van der Waals surface area contributed by atoms with Gasteiger partial charge in [0.2, 0.25) is 10.0 Å². The first-order chi connectivity index (χ1) is 19.6. The number of nitrogens with one attached hydrogen (secondary N) is 1. The van der Waals surface area contributed by atoms with Crippen molar-refractivity contribution in [2.45, 2.75) is 70.9 Å². The molecule has 1 saturated heterocycles. The molecule has 3 heterocycles. The maximum absolute atomic E-state index is 13.7. The van der Waals surface area contributed by atoms with Crippen LogP contribution in [0.25, 0.3) is 0 Å². The second kappa shape index (κ2) is 10.9. The van der Waals surface area contributed by atoms with Crippen molar-refractivity contribution < 1.29 is 27.5 Å². The smallest absolute Gasteiger partial charge is 0.410 e. The summed E-state index contributed by atoms with van der Waals surface area (Å²) in [5.41, 5.74) is 1.59. The van der Waals surface area contributed by atoms with Gasteiger partial charge in [-0.05, 0) is 73.3 Å². The van der Waals surface area contributed by atoms with E-state index < -0.39 is 22.0 Å². The molecule has 0 spiro atoms. The standard InChI is InChI=1S/C30H40N4O6S2/c1-7-40-28(37)33-13-12-22-23(16-33)41-26(24(22)27(36)32(5)6)31-25(35)19-8-10-21(11-9-19)42(38,39)34-18-30(4)15-20(34)14-29(2,3)17-30/h8-11,20H,7,12-18H2,1-6H3,(H,31,35). The summed E-state index contributed by atoms with van der Waals surface area (Å²) in [4.78, 5) is 42.8. The summed E-state index contributed by atoms with van der Waals surface area (Å²) in [6, 6.07) is 5.98. The van der Waals surface area contributed by atoms with E-state index in [2.05, 4.69) is 26.1 Å². The topological polar surface area (TPSA) is 116 Å². The molecule has 1 aromatic carbocycles. The fourth-order valence-corrected chi connectivity index (χ4v) is 10.1. The summed E-state index contributed by atoms with van der Waals surface area (Å²) in [5, 5.41) is 3.29. The monoisotopic (exact) mass is 616 g/mol. The van der Waals surface area contributed by atoms with Gasteiger partial charge in [0.05, 0.1) is 23.6 Å². The molecular weight excluding hydrogens is 576 g/mol. The average molecular weight is 617 g/mol. The number of carbonyl (C=O) groups is 3. The first kappa shape index (κ1) is 30.5. The molecular formula is C30H40N4O6S2. The van der Waals surface area contributed by atoms with E-state index in [9.17, 15) is 22.8 Å². The molecule has 3 aliphatic rings. The minimum Gasteiger partial charge on any atom is -0.450 e. The van der Waals surface area contributed by atoms with Crippen LogP contribution >= 0.6 is 11.3 Å². The van der Waals surface area contributed by atoms with Crippen LogP contribution in [-0.4, -0.2) is 80.3 Å². The Kier molecular flexibility index (Phi) is 7.95. The normalized spacial score (nSPS) is 23.3. The summed E-state index contributed by atoms with van der Waals surface area (Å²) in [6.45, 7) is 9.82. The number of ether oxygens (including phenoxy) is 1. The van der Waals surface area contributed by atoms with Crippen LogP contribution in [-0.2, 0) is 27.7 Å². The number of carbonyl (C=O) groups excluding carboxylic acids is 3. The van der Waals surface area contributed by atoms with Crippen molar-refractivity contribution in [1.29, 1.82) is 0 Å². The molecule has 1 N–H and O–H groups in total. The Balaban J connectivity index is 1.36. The second-order valence-electron chi connectivity index (χ2n) is 13.0. The third-order valence-electron chi connectivity index (χ3n) is 8.52. The van der Waals surface area contributed by atoms with E-state index in [0.29, 0.717) is 36.6 Å². The maximum atomic E-state index is 13.7. The minimum absolute atomic E-state index is 0.0241. The number of rotatable bonds is 6. The van der Waals surface area contributed by atoms with E-state index >= 15 is 0 Å². The van der Waals surface area contributed by atoms with E-state index in [1.807, 2.05) is 0 Å². The van der Waals surface area contributed by atoms with Crippen LogP contribution in [0.15, 0.2) is 29.2 Å². The van der Waals surface area contributed by atoms with Crippen molar-refractivity contribution in [3.8, 4) is 0 Å². The lowest BCUT2D eigenvalue weighted by Gasteiger charge is -2.39. The number of anilines is 1. The zero-order valence-electron chi connectivity index (χ0n) is 25.2. The zero-order valence-corrected chi connectivity index (χ0v) is 26.8. The van der Waals surface area contributed by atoms with Crippen LogP contribution in [0.1, 0.15) is 78.1 Å². The maximum Gasteiger partial charge on any atom is 0.410 e. The molecule has 1 aliphatic carbocycles. The minimum atomic E-state index is -3.72. The van der Waals surface area contributed by atoms with Gasteiger partial charge in [-0.2, -0.15) is 4.31 Å². The van der Waals surface area contributed by atoms with Gasteiger partial charge in [-0.3, -0.25) is 9.59 Å². The largest absolute Gasteiger partial charge is 0.450 e. The highest BCUT2D eigenvalue weighted by Crippen LogP contribution is 2.53. The van der Waals surface area contributed by atoms with E-state index in [-0.39, 0.29) is 39.8 Å². The molecule has 12 heteroatoms. The second-order valence-corrected chi connectivity index (χ2v) is 16.0. The van der Waals surface area contributed by atoms with Crippen molar-refractivity contribution in [1.82, 2.24) is 14.1 Å². The van der Waals surface area contributed by atoms with Gasteiger partial charge in [0.25, 0.3) is 11.8 Å². The Morgan fingerprint density at radius 3 is 2.45 bits per heavy atom. The average Bonchev–Trinajstić information content (AvgIpc) is 3.40. The van der Waals surface area contributed by atoms with Gasteiger partial charge < -0.3 is 19.9 Å². The molecule has 2 bridgehead atoms. The lowest BCUT2D eigenvalue weighted by atomic mass is 9.65. The third-order valence-corrected chi connectivity index (χ3v) is 11.6. The number of amides is 3. The highest BCUT2D eigenvalue weighted by molar-refractivity contribution is 7.89. The number of benzene rings is 1. The highest BCUT2D eigenvalue weighted by Gasteiger charge is 2.53. The molecule has 228 valence electrons.